The Hall–Kier alpha value is -1.47. The molecule has 0 radical (unpaired) electrons. The molecule has 1 aliphatic heterocycles. The molecule has 23 heavy (non-hydrogen) atoms. The Morgan fingerprint density at radius 2 is 2.04 bits per heavy atom. The van der Waals surface area contributed by atoms with Crippen molar-refractivity contribution in [1.82, 2.24) is 9.62 Å². The van der Waals surface area contributed by atoms with Gasteiger partial charge >= 0.3 is 0 Å². The second-order valence-corrected chi connectivity index (χ2v) is 8.03. The highest BCUT2D eigenvalue weighted by atomic mass is 32.2. The predicted molar refractivity (Wildman–Crippen MR) is 86.9 cm³/mol. The molecule has 1 amide bonds. The number of sulfonamides is 1. The summed E-state index contributed by atoms with van der Waals surface area (Å²) < 4.78 is 38.1. The van der Waals surface area contributed by atoms with Gasteiger partial charge in [0.05, 0.1) is 5.75 Å². The van der Waals surface area contributed by atoms with Gasteiger partial charge < -0.3 is 5.32 Å². The van der Waals surface area contributed by atoms with Gasteiger partial charge in [0.15, 0.2) is 0 Å². The quantitative estimate of drug-likeness (QED) is 0.855. The number of nitrogens with zero attached hydrogens (tertiary/aromatic N) is 1. The van der Waals surface area contributed by atoms with E-state index in [4.69, 9.17) is 0 Å². The highest BCUT2D eigenvalue weighted by molar-refractivity contribution is 7.89. The molecule has 1 N–H and O–H groups in total. The minimum absolute atomic E-state index is 0.0123. The van der Waals surface area contributed by atoms with Gasteiger partial charge in [0, 0.05) is 25.6 Å². The molecule has 0 saturated carbocycles. The molecular formula is C16H23FN2O3S. The maximum atomic E-state index is 13.1. The molecule has 1 aromatic rings. The minimum Gasteiger partial charge on any atom is -0.353 e. The normalized spacial score (nSPS) is 17.1. The van der Waals surface area contributed by atoms with E-state index < -0.39 is 10.0 Å². The fraction of sp³-hybridized carbons (Fsp3) is 0.562. The Morgan fingerprint density at radius 3 is 2.65 bits per heavy atom. The maximum Gasteiger partial charge on any atom is 0.220 e. The standard InChI is InChI=1S/C16H23FN2O3S/c1-2-23(21,22)19-10-8-15(9-11-19)18-16(20)7-6-13-4-3-5-14(17)12-13/h3-5,12,15H,2,6-11H2,1H3,(H,18,20). The number of carbonyl (C=O) groups excluding carboxylic acids is 1. The van der Waals surface area contributed by atoms with Crippen molar-refractivity contribution < 1.29 is 17.6 Å². The van der Waals surface area contributed by atoms with Gasteiger partial charge in [0.2, 0.25) is 15.9 Å². The molecule has 1 aromatic carbocycles. The number of rotatable bonds is 6. The first-order chi connectivity index (χ1) is 10.9. The minimum atomic E-state index is -3.14. The number of nitrogens with one attached hydrogen (secondary N) is 1. The molecule has 1 saturated heterocycles. The Balaban J connectivity index is 1.75. The molecule has 0 spiro atoms. The summed E-state index contributed by atoms with van der Waals surface area (Å²) in [5.41, 5.74) is 0.795. The average Bonchev–Trinajstić information content (AvgIpc) is 2.53. The van der Waals surface area contributed by atoms with E-state index >= 15 is 0 Å². The summed E-state index contributed by atoms with van der Waals surface area (Å²) in [6.07, 6.45) is 2.06. The molecule has 7 heteroatoms. The van der Waals surface area contributed by atoms with Crippen LogP contribution in [0.5, 0.6) is 0 Å². The van der Waals surface area contributed by atoms with Crippen molar-refractivity contribution in [3.8, 4) is 0 Å². The smallest absolute Gasteiger partial charge is 0.220 e. The lowest BCUT2D eigenvalue weighted by Crippen LogP contribution is -2.46. The third-order valence-corrected chi connectivity index (χ3v) is 5.99. The molecule has 0 aliphatic carbocycles. The van der Waals surface area contributed by atoms with Gasteiger partial charge in [-0.3, -0.25) is 4.79 Å². The Kier molecular flexibility index (Phi) is 6.12. The van der Waals surface area contributed by atoms with Gasteiger partial charge in [-0.1, -0.05) is 12.1 Å². The Morgan fingerprint density at radius 1 is 1.35 bits per heavy atom. The summed E-state index contributed by atoms with van der Waals surface area (Å²) in [6.45, 7) is 2.53. The maximum absolute atomic E-state index is 13.1. The van der Waals surface area contributed by atoms with Gasteiger partial charge in [-0.25, -0.2) is 17.1 Å². The van der Waals surface area contributed by atoms with Gasteiger partial charge in [-0.05, 0) is 43.9 Å². The highest BCUT2D eigenvalue weighted by Gasteiger charge is 2.27. The Labute approximate surface area is 136 Å². The van der Waals surface area contributed by atoms with Gasteiger partial charge in [-0.15, -0.1) is 0 Å². The number of hydrogen-bond donors (Lipinski definition) is 1. The molecule has 1 fully saturated rings. The van der Waals surface area contributed by atoms with Crippen LogP contribution in [0.4, 0.5) is 4.39 Å². The zero-order chi connectivity index (χ0) is 16.9. The summed E-state index contributed by atoms with van der Waals surface area (Å²) in [6, 6.07) is 6.25. The molecule has 0 aromatic heterocycles. The predicted octanol–water partition coefficient (Wildman–Crippen LogP) is 1.69. The molecule has 0 atom stereocenters. The molecule has 0 bridgehead atoms. The van der Waals surface area contributed by atoms with Crippen molar-refractivity contribution >= 4 is 15.9 Å². The van der Waals surface area contributed by atoms with Crippen LogP contribution in [0.15, 0.2) is 24.3 Å². The van der Waals surface area contributed by atoms with E-state index in [2.05, 4.69) is 5.32 Å². The van der Waals surface area contributed by atoms with E-state index in [-0.39, 0.29) is 23.5 Å². The molecule has 0 unspecified atom stereocenters. The lowest BCUT2D eigenvalue weighted by atomic mass is 10.1. The van der Waals surface area contributed by atoms with Crippen molar-refractivity contribution in [2.75, 3.05) is 18.8 Å². The zero-order valence-corrected chi connectivity index (χ0v) is 14.1. The van der Waals surface area contributed by atoms with Gasteiger partial charge in [0.1, 0.15) is 5.82 Å². The van der Waals surface area contributed by atoms with E-state index in [1.54, 1.807) is 19.1 Å². The van der Waals surface area contributed by atoms with Crippen molar-refractivity contribution in [3.05, 3.63) is 35.6 Å². The summed E-state index contributed by atoms with van der Waals surface area (Å²) in [5.74, 6) is -0.268. The first kappa shape index (κ1) is 17.9. The SMILES string of the molecule is CCS(=O)(=O)N1CCC(NC(=O)CCc2cccc(F)c2)CC1. The number of benzene rings is 1. The van der Waals surface area contributed by atoms with Crippen molar-refractivity contribution in [2.45, 2.75) is 38.6 Å². The average molecular weight is 342 g/mol. The largest absolute Gasteiger partial charge is 0.353 e. The topological polar surface area (TPSA) is 66.5 Å². The molecule has 5 nitrogen and oxygen atoms in total. The number of hydrogen-bond acceptors (Lipinski definition) is 3. The third kappa shape index (κ3) is 5.28. The number of piperidine rings is 1. The number of aryl methyl sites for hydroxylation is 1. The monoisotopic (exact) mass is 342 g/mol. The lowest BCUT2D eigenvalue weighted by Gasteiger charge is -2.31. The van der Waals surface area contributed by atoms with E-state index in [1.807, 2.05) is 0 Å². The zero-order valence-electron chi connectivity index (χ0n) is 13.3. The van der Waals surface area contributed by atoms with Crippen LogP contribution in [0.1, 0.15) is 31.7 Å². The molecule has 1 heterocycles. The van der Waals surface area contributed by atoms with Crippen LogP contribution in [0.25, 0.3) is 0 Å². The van der Waals surface area contributed by atoms with Gasteiger partial charge in [-0.2, -0.15) is 0 Å². The van der Waals surface area contributed by atoms with Crippen LogP contribution in [-0.2, 0) is 21.2 Å². The fourth-order valence-corrected chi connectivity index (χ4v) is 3.84. The second-order valence-electron chi connectivity index (χ2n) is 5.77. The van der Waals surface area contributed by atoms with E-state index in [9.17, 15) is 17.6 Å². The number of amides is 1. The number of carbonyl (C=O) groups is 1. The van der Waals surface area contributed by atoms with Crippen LogP contribution in [0.3, 0.4) is 0 Å². The van der Waals surface area contributed by atoms with Crippen LogP contribution >= 0.6 is 0 Å². The third-order valence-electron chi connectivity index (χ3n) is 4.11. The molecule has 1 aliphatic rings. The lowest BCUT2D eigenvalue weighted by molar-refractivity contribution is -0.122. The molecule has 2 rings (SSSR count). The first-order valence-electron chi connectivity index (χ1n) is 7.92. The highest BCUT2D eigenvalue weighted by Crippen LogP contribution is 2.15. The second kappa shape index (κ2) is 7.88. The number of halogens is 1. The molecular weight excluding hydrogens is 319 g/mol. The van der Waals surface area contributed by atoms with Crippen molar-refractivity contribution in [1.29, 1.82) is 0 Å². The summed E-state index contributed by atoms with van der Waals surface area (Å²) in [4.78, 5) is 12.0. The molecule has 128 valence electrons. The summed E-state index contributed by atoms with van der Waals surface area (Å²) in [7, 11) is -3.14. The van der Waals surface area contributed by atoms with Gasteiger partial charge in [0.25, 0.3) is 0 Å². The van der Waals surface area contributed by atoms with Crippen LogP contribution in [0.2, 0.25) is 0 Å². The first-order valence-corrected chi connectivity index (χ1v) is 9.53. The summed E-state index contributed by atoms with van der Waals surface area (Å²) >= 11 is 0. The van der Waals surface area contributed by atoms with Crippen LogP contribution < -0.4 is 5.32 Å². The Bertz CT molecular complexity index is 640. The van der Waals surface area contributed by atoms with Crippen LogP contribution in [-0.4, -0.2) is 43.5 Å². The summed E-state index contributed by atoms with van der Waals surface area (Å²) in [5, 5.41) is 2.94. The van der Waals surface area contributed by atoms with E-state index in [0.717, 1.165) is 5.56 Å². The van der Waals surface area contributed by atoms with E-state index in [0.29, 0.717) is 38.8 Å². The van der Waals surface area contributed by atoms with Crippen LogP contribution in [0, 0.1) is 5.82 Å². The van der Waals surface area contributed by atoms with E-state index in [1.165, 1.54) is 16.4 Å². The van der Waals surface area contributed by atoms with Crippen molar-refractivity contribution in [2.24, 2.45) is 0 Å². The fourth-order valence-electron chi connectivity index (χ4n) is 2.71. The van der Waals surface area contributed by atoms with Crippen molar-refractivity contribution in [3.63, 3.8) is 0 Å².